The van der Waals surface area contributed by atoms with E-state index in [0.29, 0.717) is 18.1 Å². The van der Waals surface area contributed by atoms with E-state index >= 15 is 0 Å². The molecular weight excluding hydrogens is 216 g/mol. The first-order valence-electron chi connectivity index (χ1n) is 5.00. The summed E-state index contributed by atoms with van der Waals surface area (Å²) in [5.74, 6) is 0.123. The zero-order valence-corrected chi connectivity index (χ0v) is 8.98. The van der Waals surface area contributed by atoms with Crippen molar-refractivity contribution in [1.29, 1.82) is 0 Å². The van der Waals surface area contributed by atoms with Crippen LogP contribution in [0.2, 0.25) is 0 Å². The molecule has 1 aromatic heterocycles. The fraction of sp³-hybridized carbons (Fsp3) is 0.600. The molecule has 1 fully saturated rings. The van der Waals surface area contributed by atoms with Gasteiger partial charge in [0, 0.05) is 0 Å². The molecule has 0 saturated carbocycles. The van der Waals surface area contributed by atoms with E-state index in [1.165, 1.54) is 0 Å². The molecule has 6 nitrogen and oxygen atoms in total. The van der Waals surface area contributed by atoms with E-state index in [-0.39, 0.29) is 24.6 Å². The van der Waals surface area contributed by atoms with Crippen molar-refractivity contribution >= 4 is 0 Å². The molecule has 1 atom stereocenters. The predicted octanol–water partition coefficient (Wildman–Crippen LogP) is 1.54. The van der Waals surface area contributed by atoms with E-state index in [0.717, 1.165) is 0 Å². The summed E-state index contributed by atoms with van der Waals surface area (Å²) in [5.41, 5.74) is 0. The monoisotopic (exact) mass is 228 g/mol. The Hall–Kier alpha value is -1.40. The van der Waals surface area contributed by atoms with Crippen LogP contribution < -0.4 is 9.47 Å². The third-order valence-electron chi connectivity index (χ3n) is 2.54. The average molecular weight is 228 g/mol. The summed E-state index contributed by atoms with van der Waals surface area (Å²) < 4.78 is 26.5. The summed E-state index contributed by atoms with van der Waals surface area (Å²) in [4.78, 5) is 0. The van der Waals surface area contributed by atoms with Crippen LogP contribution in [-0.2, 0) is 9.47 Å². The van der Waals surface area contributed by atoms with Gasteiger partial charge in [-0.2, -0.15) is 0 Å². The second-order valence-electron chi connectivity index (χ2n) is 4.15. The highest BCUT2D eigenvalue weighted by atomic mass is 16.8. The number of furan rings is 1. The largest absolute Gasteiger partial charge is 0.478 e. The average Bonchev–Trinajstić information content (AvgIpc) is 2.84. The molecule has 1 aromatic rings. The molecule has 0 aromatic carbocycles. The molecule has 1 saturated heterocycles. The van der Waals surface area contributed by atoms with E-state index in [1.54, 1.807) is 0 Å². The SMILES string of the molecule is CC1(C)OCC(c2oc(O)c3c2OCO3)O1. The molecule has 1 unspecified atom stereocenters. The van der Waals surface area contributed by atoms with Crippen LogP contribution in [0.3, 0.4) is 0 Å². The highest BCUT2D eigenvalue weighted by Gasteiger charge is 2.40. The molecule has 0 aliphatic carbocycles. The van der Waals surface area contributed by atoms with Crippen molar-refractivity contribution in [1.82, 2.24) is 0 Å². The van der Waals surface area contributed by atoms with Gasteiger partial charge in [0.25, 0.3) is 0 Å². The fourth-order valence-corrected chi connectivity index (χ4v) is 1.85. The summed E-state index contributed by atoms with van der Waals surface area (Å²) in [6.07, 6.45) is -0.383. The molecule has 6 heteroatoms. The van der Waals surface area contributed by atoms with E-state index < -0.39 is 5.79 Å². The van der Waals surface area contributed by atoms with Gasteiger partial charge in [-0.1, -0.05) is 0 Å². The third kappa shape index (κ3) is 1.34. The van der Waals surface area contributed by atoms with Gasteiger partial charge in [0.15, 0.2) is 11.5 Å². The van der Waals surface area contributed by atoms with E-state index in [9.17, 15) is 5.11 Å². The molecule has 88 valence electrons. The van der Waals surface area contributed by atoms with Gasteiger partial charge in [-0.15, -0.1) is 0 Å². The van der Waals surface area contributed by atoms with Gasteiger partial charge in [-0.05, 0) is 13.8 Å². The van der Waals surface area contributed by atoms with Crippen LogP contribution in [0.15, 0.2) is 4.42 Å². The second kappa shape index (κ2) is 3.05. The van der Waals surface area contributed by atoms with Gasteiger partial charge >= 0.3 is 5.95 Å². The molecule has 2 aliphatic rings. The standard InChI is InChI=1S/C10H12O6/c1-10(2)14-3-5(16-10)6-7-8(9(11)15-6)13-4-12-7/h5,11H,3-4H2,1-2H3. The number of hydrogen-bond acceptors (Lipinski definition) is 6. The zero-order chi connectivity index (χ0) is 11.3. The molecule has 0 bridgehead atoms. The Bertz CT molecular complexity index is 421. The number of aromatic hydroxyl groups is 1. The molecule has 0 amide bonds. The van der Waals surface area contributed by atoms with Crippen LogP contribution in [0.25, 0.3) is 0 Å². The Morgan fingerprint density at radius 2 is 2.00 bits per heavy atom. The summed E-state index contributed by atoms with van der Waals surface area (Å²) in [6.45, 7) is 4.06. The van der Waals surface area contributed by atoms with Crippen molar-refractivity contribution in [3.05, 3.63) is 5.76 Å². The molecular formula is C10H12O6. The minimum absolute atomic E-state index is 0.0819. The Morgan fingerprint density at radius 3 is 2.69 bits per heavy atom. The molecule has 3 rings (SSSR count). The smallest absolute Gasteiger partial charge is 0.330 e. The van der Waals surface area contributed by atoms with Crippen molar-refractivity contribution in [3.8, 4) is 17.4 Å². The topological polar surface area (TPSA) is 70.3 Å². The third-order valence-corrected chi connectivity index (χ3v) is 2.54. The molecule has 0 spiro atoms. The van der Waals surface area contributed by atoms with Crippen LogP contribution >= 0.6 is 0 Å². The predicted molar refractivity (Wildman–Crippen MR) is 50.4 cm³/mol. The normalized spacial score (nSPS) is 26.2. The quantitative estimate of drug-likeness (QED) is 0.786. The van der Waals surface area contributed by atoms with E-state index in [1.807, 2.05) is 13.8 Å². The van der Waals surface area contributed by atoms with Gasteiger partial charge in [0.2, 0.25) is 18.3 Å². The Morgan fingerprint density at radius 1 is 1.25 bits per heavy atom. The van der Waals surface area contributed by atoms with Gasteiger partial charge < -0.3 is 28.5 Å². The zero-order valence-electron chi connectivity index (χ0n) is 8.98. The summed E-state index contributed by atoms with van der Waals surface area (Å²) in [6, 6.07) is 0. The Balaban J connectivity index is 1.93. The van der Waals surface area contributed by atoms with Crippen molar-refractivity contribution in [2.45, 2.75) is 25.7 Å². The molecule has 0 radical (unpaired) electrons. The summed E-state index contributed by atoms with van der Waals surface area (Å²) >= 11 is 0. The first-order chi connectivity index (χ1) is 7.57. The number of rotatable bonds is 1. The van der Waals surface area contributed by atoms with Crippen LogP contribution in [0, 0.1) is 0 Å². The van der Waals surface area contributed by atoms with E-state index in [4.69, 9.17) is 23.4 Å². The Labute approximate surface area is 91.7 Å². The maximum absolute atomic E-state index is 9.47. The Kier molecular flexibility index (Phi) is 1.87. The van der Waals surface area contributed by atoms with Crippen molar-refractivity contribution in [2.75, 3.05) is 13.4 Å². The lowest BCUT2D eigenvalue weighted by molar-refractivity contribution is -0.141. The number of ether oxygens (including phenoxy) is 4. The molecule has 1 N–H and O–H groups in total. The maximum Gasteiger partial charge on any atom is 0.330 e. The lowest BCUT2D eigenvalue weighted by Crippen LogP contribution is -2.19. The van der Waals surface area contributed by atoms with Crippen LogP contribution in [-0.4, -0.2) is 24.3 Å². The van der Waals surface area contributed by atoms with Crippen LogP contribution in [0.5, 0.6) is 17.4 Å². The summed E-state index contributed by atoms with van der Waals surface area (Å²) in [7, 11) is 0. The first-order valence-corrected chi connectivity index (χ1v) is 5.00. The number of hydrogen-bond donors (Lipinski definition) is 1. The fourth-order valence-electron chi connectivity index (χ4n) is 1.85. The van der Waals surface area contributed by atoms with Crippen LogP contribution in [0.4, 0.5) is 0 Å². The van der Waals surface area contributed by atoms with Crippen molar-refractivity contribution < 1.29 is 28.5 Å². The van der Waals surface area contributed by atoms with Crippen molar-refractivity contribution in [3.63, 3.8) is 0 Å². The highest BCUT2D eigenvalue weighted by molar-refractivity contribution is 5.51. The minimum Gasteiger partial charge on any atom is -0.478 e. The van der Waals surface area contributed by atoms with Crippen LogP contribution in [0.1, 0.15) is 25.7 Å². The summed E-state index contributed by atoms with van der Waals surface area (Å²) in [5, 5.41) is 9.47. The minimum atomic E-state index is -0.653. The van der Waals surface area contributed by atoms with Gasteiger partial charge in [0.1, 0.15) is 6.10 Å². The second-order valence-corrected chi connectivity index (χ2v) is 4.15. The van der Waals surface area contributed by atoms with Gasteiger partial charge in [-0.25, -0.2) is 0 Å². The van der Waals surface area contributed by atoms with Crippen molar-refractivity contribution in [2.24, 2.45) is 0 Å². The molecule has 16 heavy (non-hydrogen) atoms. The lowest BCUT2D eigenvalue weighted by atomic mass is 10.2. The highest BCUT2D eigenvalue weighted by Crippen LogP contribution is 2.50. The molecule has 3 heterocycles. The number of fused-ring (bicyclic) bond motifs is 1. The van der Waals surface area contributed by atoms with Gasteiger partial charge in [-0.3, -0.25) is 0 Å². The lowest BCUT2D eigenvalue weighted by Gasteiger charge is -2.16. The first kappa shape index (κ1) is 9.80. The maximum atomic E-state index is 9.47. The van der Waals surface area contributed by atoms with E-state index in [2.05, 4.69) is 0 Å². The molecule has 2 aliphatic heterocycles. The van der Waals surface area contributed by atoms with Gasteiger partial charge in [0.05, 0.1) is 6.61 Å².